The molecule has 0 saturated carbocycles. The number of nitrogens with zero attached hydrogens (tertiary/aromatic N) is 1. The van der Waals surface area contributed by atoms with E-state index in [1.807, 2.05) is 61.5 Å². The molecule has 1 aliphatic rings. The number of rotatable bonds is 5. The number of halogens is 1. The largest absolute Gasteiger partial charge is 0.465 e. The lowest BCUT2D eigenvalue weighted by molar-refractivity contribution is -0.151. The highest BCUT2D eigenvalue weighted by Gasteiger charge is 2.41. The molecule has 4 aromatic rings. The van der Waals surface area contributed by atoms with Crippen LogP contribution in [0.15, 0.2) is 78.9 Å². The van der Waals surface area contributed by atoms with E-state index >= 15 is 0 Å². The van der Waals surface area contributed by atoms with E-state index in [0.29, 0.717) is 24.6 Å². The van der Waals surface area contributed by atoms with E-state index in [9.17, 15) is 4.79 Å². The third-order valence-corrected chi connectivity index (χ3v) is 6.45. The summed E-state index contributed by atoms with van der Waals surface area (Å²) in [6, 6.07) is 26.0. The molecular weight excluding hydrogens is 420 g/mol. The summed E-state index contributed by atoms with van der Waals surface area (Å²) in [4.78, 5) is 19.1. The number of esters is 1. The van der Waals surface area contributed by atoms with E-state index < -0.39 is 0 Å². The molecule has 0 unspecified atom stereocenters. The van der Waals surface area contributed by atoms with Gasteiger partial charge in [-0.1, -0.05) is 72.3 Å². The van der Waals surface area contributed by atoms with Gasteiger partial charge in [-0.2, -0.15) is 0 Å². The molecule has 0 aliphatic carbocycles. The van der Waals surface area contributed by atoms with Crippen LogP contribution in [-0.2, 0) is 22.5 Å². The number of hydrogen-bond acceptors (Lipinski definition) is 3. The Morgan fingerprint density at radius 2 is 1.75 bits per heavy atom. The minimum atomic E-state index is -0.387. The Bertz CT molecular complexity index is 1230. The smallest absolute Gasteiger partial charge is 0.323 e. The summed E-state index contributed by atoms with van der Waals surface area (Å²) in [6.07, 6.45) is 0.606. The second-order valence-corrected chi connectivity index (χ2v) is 8.58. The molecule has 162 valence electrons. The van der Waals surface area contributed by atoms with Gasteiger partial charge in [0.2, 0.25) is 0 Å². The molecule has 3 aromatic carbocycles. The molecule has 0 bridgehead atoms. The quantitative estimate of drug-likeness (QED) is 0.390. The summed E-state index contributed by atoms with van der Waals surface area (Å²) >= 11 is 6.21. The maximum atomic E-state index is 13.2. The predicted octanol–water partition coefficient (Wildman–Crippen LogP) is 5.90. The van der Waals surface area contributed by atoms with Gasteiger partial charge in [-0.3, -0.25) is 9.69 Å². The Balaban J connectivity index is 1.70. The standard InChI is InChI=1S/C27H25ClN2O2/c1-2-32-27(31)24-16-22-21-10-6-7-11-23(21)29-25(22)26(19-12-14-20(28)15-13-19)30(24)17-18-8-4-3-5-9-18/h3-15,24,26,29H,2,16-17H2,1H3/t24-,26+/m0/s1. The lowest BCUT2D eigenvalue weighted by atomic mass is 9.87. The van der Waals surface area contributed by atoms with Crippen LogP contribution < -0.4 is 0 Å². The molecule has 4 nitrogen and oxygen atoms in total. The van der Waals surface area contributed by atoms with Crippen LogP contribution in [0.4, 0.5) is 0 Å². The van der Waals surface area contributed by atoms with Gasteiger partial charge >= 0.3 is 5.97 Å². The minimum Gasteiger partial charge on any atom is -0.465 e. The highest BCUT2D eigenvalue weighted by molar-refractivity contribution is 6.30. The van der Waals surface area contributed by atoms with Crippen LogP contribution in [0.3, 0.4) is 0 Å². The second kappa shape index (κ2) is 8.81. The van der Waals surface area contributed by atoms with Crippen molar-refractivity contribution in [1.82, 2.24) is 9.88 Å². The number of benzene rings is 3. The van der Waals surface area contributed by atoms with E-state index in [2.05, 4.69) is 34.1 Å². The highest BCUT2D eigenvalue weighted by atomic mass is 35.5. The van der Waals surface area contributed by atoms with E-state index in [0.717, 1.165) is 27.7 Å². The monoisotopic (exact) mass is 444 g/mol. The Morgan fingerprint density at radius 3 is 2.50 bits per heavy atom. The van der Waals surface area contributed by atoms with Gasteiger partial charge in [0.25, 0.3) is 0 Å². The van der Waals surface area contributed by atoms with Gasteiger partial charge in [0.05, 0.1) is 12.6 Å². The highest BCUT2D eigenvalue weighted by Crippen LogP contribution is 2.42. The number of H-pyrrole nitrogens is 1. The van der Waals surface area contributed by atoms with Crippen LogP contribution in [0, 0.1) is 0 Å². The average Bonchev–Trinajstić information content (AvgIpc) is 3.18. The Labute approximate surface area is 192 Å². The third kappa shape index (κ3) is 3.81. The Morgan fingerprint density at radius 1 is 1.03 bits per heavy atom. The number of nitrogens with one attached hydrogen (secondary N) is 1. The SMILES string of the molecule is CCOC(=O)[C@@H]1Cc2c([nH]c3ccccc23)[C@@H](c2ccc(Cl)cc2)N1Cc1ccccc1. The fourth-order valence-corrected chi connectivity index (χ4v) is 4.91. The molecule has 0 saturated heterocycles. The van der Waals surface area contributed by atoms with Crippen LogP contribution in [-0.4, -0.2) is 28.5 Å². The average molecular weight is 445 g/mol. The summed E-state index contributed by atoms with van der Waals surface area (Å²) in [5, 5.41) is 1.85. The zero-order valence-corrected chi connectivity index (χ0v) is 18.7. The van der Waals surface area contributed by atoms with E-state index in [-0.39, 0.29) is 18.1 Å². The number of carbonyl (C=O) groups excluding carboxylic acids is 1. The number of hydrogen-bond donors (Lipinski definition) is 1. The summed E-state index contributed by atoms with van der Waals surface area (Å²) in [6.45, 7) is 2.85. The summed E-state index contributed by atoms with van der Waals surface area (Å²) < 4.78 is 5.54. The number of aromatic nitrogens is 1. The molecule has 5 rings (SSSR count). The van der Waals surface area contributed by atoms with Crippen molar-refractivity contribution in [2.75, 3.05) is 6.61 Å². The van der Waals surface area contributed by atoms with Crippen LogP contribution in [0.1, 0.15) is 35.3 Å². The summed E-state index contributed by atoms with van der Waals surface area (Å²) in [7, 11) is 0. The maximum absolute atomic E-state index is 13.2. The normalized spacial score (nSPS) is 18.4. The van der Waals surface area contributed by atoms with Crippen molar-refractivity contribution in [3.8, 4) is 0 Å². The first-order valence-corrected chi connectivity index (χ1v) is 11.3. The molecule has 2 atom stereocenters. The second-order valence-electron chi connectivity index (χ2n) is 8.15. The van der Waals surface area contributed by atoms with E-state index in [4.69, 9.17) is 16.3 Å². The Hall–Kier alpha value is -3.08. The molecule has 5 heteroatoms. The van der Waals surface area contributed by atoms with Crippen molar-refractivity contribution in [1.29, 1.82) is 0 Å². The number of aromatic amines is 1. The van der Waals surface area contributed by atoms with Gasteiger partial charge in [-0.25, -0.2) is 0 Å². The van der Waals surface area contributed by atoms with Gasteiger partial charge in [-0.05, 0) is 41.8 Å². The zero-order valence-electron chi connectivity index (χ0n) is 17.9. The summed E-state index contributed by atoms with van der Waals surface area (Å²) in [5.74, 6) is -0.182. The molecule has 1 aliphatic heterocycles. The van der Waals surface area contributed by atoms with Crippen LogP contribution in [0.5, 0.6) is 0 Å². The molecule has 0 amide bonds. The number of carbonyl (C=O) groups is 1. The minimum absolute atomic E-state index is 0.127. The number of fused-ring (bicyclic) bond motifs is 3. The fourth-order valence-electron chi connectivity index (χ4n) is 4.79. The molecule has 0 spiro atoms. The molecule has 0 fully saturated rings. The van der Waals surface area contributed by atoms with Crippen LogP contribution in [0.2, 0.25) is 5.02 Å². The molecule has 1 aromatic heterocycles. The van der Waals surface area contributed by atoms with E-state index in [1.54, 1.807) is 0 Å². The fraction of sp³-hybridized carbons (Fsp3) is 0.222. The number of ether oxygens (including phenoxy) is 1. The predicted molar refractivity (Wildman–Crippen MR) is 128 cm³/mol. The lowest BCUT2D eigenvalue weighted by Gasteiger charge is -2.41. The molecule has 1 N–H and O–H groups in total. The van der Waals surface area contributed by atoms with Gasteiger partial charge < -0.3 is 9.72 Å². The van der Waals surface area contributed by atoms with Crippen molar-refractivity contribution >= 4 is 28.5 Å². The first kappa shape index (κ1) is 20.8. The topological polar surface area (TPSA) is 45.3 Å². The maximum Gasteiger partial charge on any atom is 0.323 e. The van der Waals surface area contributed by atoms with Crippen LogP contribution >= 0.6 is 11.6 Å². The molecular formula is C27H25ClN2O2. The van der Waals surface area contributed by atoms with E-state index in [1.165, 1.54) is 5.56 Å². The van der Waals surface area contributed by atoms with Crippen molar-refractivity contribution in [2.24, 2.45) is 0 Å². The zero-order chi connectivity index (χ0) is 22.1. The first-order chi connectivity index (χ1) is 15.7. The molecule has 32 heavy (non-hydrogen) atoms. The number of para-hydroxylation sites is 1. The van der Waals surface area contributed by atoms with Crippen LogP contribution in [0.25, 0.3) is 10.9 Å². The van der Waals surface area contributed by atoms with Crippen molar-refractivity contribution in [2.45, 2.75) is 32.0 Å². The third-order valence-electron chi connectivity index (χ3n) is 6.20. The first-order valence-electron chi connectivity index (χ1n) is 11.0. The summed E-state index contributed by atoms with van der Waals surface area (Å²) in [5.41, 5.74) is 5.64. The lowest BCUT2D eigenvalue weighted by Crippen LogP contribution is -2.48. The van der Waals surface area contributed by atoms with Gasteiger partial charge in [0.15, 0.2) is 0 Å². The van der Waals surface area contributed by atoms with Crippen molar-refractivity contribution < 1.29 is 9.53 Å². The van der Waals surface area contributed by atoms with Crippen molar-refractivity contribution in [3.05, 3.63) is 106 Å². The van der Waals surface area contributed by atoms with Gasteiger partial charge in [0, 0.05) is 34.6 Å². The molecule has 2 heterocycles. The Kier molecular flexibility index (Phi) is 5.73. The van der Waals surface area contributed by atoms with Gasteiger partial charge in [0.1, 0.15) is 6.04 Å². The molecule has 0 radical (unpaired) electrons. The van der Waals surface area contributed by atoms with Gasteiger partial charge in [-0.15, -0.1) is 0 Å². The van der Waals surface area contributed by atoms with Crippen molar-refractivity contribution in [3.63, 3.8) is 0 Å².